The van der Waals surface area contributed by atoms with Gasteiger partial charge in [0.15, 0.2) is 5.78 Å². The smallest absolute Gasteiger partial charge is 0.176 e. The van der Waals surface area contributed by atoms with Crippen LogP contribution in [0.5, 0.6) is 5.75 Å². The van der Waals surface area contributed by atoms with Crippen molar-refractivity contribution in [2.75, 3.05) is 13.6 Å². The molecule has 0 bridgehead atoms. The monoisotopic (exact) mass is 285 g/mol. The lowest BCUT2D eigenvalue weighted by atomic mass is 10.1. The van der Waals surface area contributed by atoms with Gasteiger partial charge in [0, 0.05) is 12.1 Å². The second-order valence-electron chi connectivity index (χ2n) is 4.63. The van der Waals surface area contributed by atoms with Crippen molar-refractivity contribution in [2.45, 2.75) is 20.4 Å². The number of benzene rings is 2. The van der Waals surface area contributed by atoms with E-state index >= 15 is 0 Å². The topological polar surface area (TPSA) is 40.5 Å². The number of hydrogen-bond acceptors (Lipinski definition) is 3. The molecular formula is C18H23NO2. The maximum Gasteiger partial charge on any atom is 0.176 e. The van der Waals surface area contributed by atoms with Gasteiger partial charge in [-0.3, -0.25) is 9.69 Å². The molecule has 0 saturated carbocycles. The molecule has 0 atom stereocenters. The minimum absolute atomic E-state index is 0.00864. The molecule has 0 saturated heterocycles. The van der Waals surface area contributed by atoms with Crippen LogP contribution in [0.3, 0.4) is 0 Å². The van der Waals surface area contributed by atoms with Crippen LogP contribution in [0.2, 0.25) is 0 Å². The molecule has 3 nitrogen and oxygen atoms in total. The number of Topliss-reactive ketones (excluding diaryl/α,β-unsaturated/α-hetero) is 1. The molecule has 0 amide bonds. The second-order valence-corrected chi connectivity index (χ2v) is 4.63. The van der Waals surface area contributed by atoms with Crippen LogP contribution in [0.4, 0.5) is 0 Å². The lowest BCUT2D eigenvalue weighted by molar-refractivity contribution is 0.0942. The largest absolute Gasteiger partial charge is 0.508 e. The zero-order chi connectivity index (χ0) is 15.7. The Morgan fingerprint density at radius 1 is 1.05 bits per heavy atom. The summed E-state index contributed by atoms with van der Waals surface area (Å²) in [6.45, 7) is 5.06. The van der Waals surface area contributed by atoms with Gasteiger partial charge in [0.25, 0.3) is 0 Å². The molecular weight excluding hydrogens is 262 g/mol. The van der Waals surface area contributed by atoms with Crippen molar-refractivity contribution in [1.29, 1.82) is 0 Å². The minimum atomic E-state index is 0.00864. The average Bonchev–Trinajstić information content (AvgIpc) is 2.50. The van der Waals surface area contributed by atoms with Crippen molar-refractivity contribution in [1.82, 2.24) is 4.90 Å². The maximum absolute atomic E-state index is 12.0. The molecule has 3 heteroatoms. The van der Waals surface area contributed by atoms with E-state index in [0.717, 1.165) is 6.54 Å². The first-order valence-corrected chi connectivity index (χ1v) is 7.20. The molecule has 2 rings (SSSR count). The summed E-state index contributed by atoms with van der Waals surface area (Å²) in [5.41, 5.74) is 1.72. The summed E-state index contributed by atoms with van der Waals surface area (Å²) in [4.78, 5) is 14.0. The van der Waals surface area contributed by atoms with E-state index in [-0.39, 0.29) is 11.5 Å². The highest BCUT2D eigenvalue weighted by atomic mass is 16.3. The van der Waals surface area contributed by atoms with Crippen molar-refractivity contribution >= 4 is 5.78 Å². The predicted molar refractivity (Wildman–Crippen MR) is 86.6 cm³/mol. The van der Waals surface area contributed by atoms with Gasteiger partial charge >= 0.3 is 0 Å². The summed E-state index contributed by atoms with van der Waals surface area (Å²) < 4.78 is 0. The Bertz CT molecular complexity index is 552. The Labute approximate surface area is 126 Å². The molecule has 2 aromatic rings. The number of rotatable bonds is 5. The van der Waals surface area contributed by atoms with E-state index in [1.165, 1.54) is 11.6 Å². The lowest BCUT2D eigenvalue weighted by Gasteiger charge is -2.15. The minimum Gasteiger partial charge on any atom is -0.508 e. The molecule has 0 heterocycles. The molecule has 0 aliphatic heterocycles. The number of nitrogens with zero attached hydrogens (tertiary/aromatic N) is 1. The molecule has 21 heavy (non-hydrogen) atoms. The number of phenolic OH excluding ortho intramolecular Hbond substituents is 1. The Morgan fingerprint density at radius 2 is 1.71 bits per heavy atom. The summed E-state index contributed by atoms with van der Waals surface area (Å²) in [7, 11) is 1.91. The van der Waals surface area contributed by atoms with Gasteiger partial charge in [0.2, 0.25) is 0 Å². The number of likely N-dealkylation sites (N-methyl/N-ethyl adjacent to an activating group) is 1. The Kier molecular flexibility index (Phi) is 7.19. The normalized spacial score (nSPS) is 9.90. The molecule has 0 fully saturated rings. The van der Waals surface area contributed by atoms with Gasteiger partial charge in [-0.1, -0.05) is 56.3 Å². The van der Waals surface area contributed by atoms with E-state index in [4.69, 9.17) is 0 Å². The van der Waals surface area contributed by atoms with Crippen LogP contribution in [0.25, 0.3) is 0 Å². The van der Waals surface area contributed by atoms with Crippen LogP contribution >= 0.6 is 0 Å². The average molecular weight is 285 g/mol. The first-order chi connectivity index (χ1) is 10.1. The van der Waals surface area contributed by atoms with Gasteiger partial charge in [-0.25, -0.2) is 0 Å². The standard InChI is InChI=1S/C16H17NO2.C2H6/c1-17(11-13-6-3-2-4-7-13)12-16(19)14-8-5-9-15(18)10-14;1-2/h2-10,18H,11-12H2,1H3;1-2H3. The number of hydrogen-bond donors (Lipinski definition) is 1. The summed E-state index contributed by atoms with van der Waals surface area (Å²) >= 11 is 0. The third-order valence-electron chi connectivity index (χ3n) is 2.88. The number of carbonyl (C=O) groups is 1. The van der Waals surface area contributed by atoms with Crippen molar-refractivity contribution in [2.24, 2.45) is 0 Å². The van der Waals surface area contributed by atoms with Crippen LogP contribution < -0.4 is 0 Å². The molecule has 2 aromatic carbocycles. The zero-order valence-electron chi connectivity index (χ0n) is 12.9. The molecule has 0 unspecified atom stereocenters. The molecule has 0 aromatic heterocycles. The molecule has 112 valence electrons. The van der Waals surface area contributed by atoms with Gasteiger partial charge in [-0.15, -0.1) is 0 Å². The first kappa shape index (κ1) is 16.9. The van der Waals surface area contributed by atoms with Crippen molar-refractivity contribution in [3.63, 3.8) is 0 Å². The van der Waals surface area contributed by atoms with E-state index in [9.17, 15) is 9.90 Å². The summed E-state index contributed by atoms with van der Waals surface area (Å²) in [6, 6.07) is 16.5. The van der Waals surface area contributed by atoms with E-state index in [2.05, 4.69) is 0 Å². The third kappa shape index (κ3) is 5.79. The van der Waals surface area contributed by atoms with Crippen molar-refractivity contribution < 1.29 is 9.90 Å². The van der Waals surface area contributed by atoms with E-state index in [0.29, 0.717) is 12.1 Å². The zero-order valence-corrected chi connectivity index (χ0v) is 12.9. The highest BCUT2D eigenvalue weighted by Gasteiger charge is 2.10. The summed E-state index contributed by atoms with van der Waals surface area (Å²) in [5.74, 6) is 0.130. The van der Waals surface area contributed by atoms with Crippen molar-refractivity contribution in [3.8, 4) is 5.75 Å². The highest BCUT2D eigenvalue weighted by Crippen LogP contribution is 2.12. The number of ketones is 1. The van der Waals surface area contributed by atoms with Crippen LogP contribution in [0.1, 0.15) is 29.8 Å². The van der Waals surface area contributed by atoms with Gasteiger partial charge in [-0.2, -0.15) is 0 Å². The molecule has 0 radical (unpaired) electrons. The number of aromatic hydroxyl groups is 1. The van der Waals surface area contributed by atoms with Crippen LogP contribution in [0, 0.1) is 0 Å². The van der Waals surface area contributed by atoms with Crippen LogP contribution in [0.15, 0.2) is 54.6 Å². The Hall–Kier alpha value is -2.13. The van der Waals surface area contributed by atoms with Crippen LogP contribution in [-0.2, 0) is 6.54 Å². The summed E-state index contributed by atoms with van der Waals surface area (Å²) in [5, 5.41) is 9.37. The highest BCUT2D eigenvalue weighted by molar-refractivity contribution is 5.97. The van der Waals surface area contributed by atoms with Crippen LogP contribution in [-0.4, -0.2) is 29.4 Å². The molecule has 0 aliphatic carbocycles. The fourth-order valence-electron chi connectivity index (χ4n) is 1.97. The van der Waals surface area contributed by atoms with Gasteiger partial charge in [0.05, 0.1) is 6.54 Å². The predicted octanol–water partition coefficient (Wildman–Crippen LogP) is 3.73. The lowest BCUT2D eigenvalue weighted by Crippen LogP contribution is -2.25. The number of carbonyl (C=O) groups excluding carboxylic acids is 1. The first-order valence-electron chi connectivity index (χ1n) is 7.20. The molecule has 0 spiro atoms. The van der Waals surface area contributed by atoms with E-state index < -0.39 is 0 Å². The third-order valence-corrected chi connectivity index (χ3v) is 2.88. The second kappa shape index (κ2) is 8.93. The Morgan fingerprint density at radius 3 is 2.33 bits per heavy atom. The number of phenols is 1. The van der Waals surface area contributed by atoms with Gasteiger partial charge in [0.1, 0.15) is 5.75 Å². The van der Waals surface area contributed by atoms with Crippen molar-refractivity contribution in [3.05, 3.63) is 65.7 Å². The maximum atomic E-state index is 12.0. The van der Waals surface area contributed by atoms with Gasteiger partial charge in [-0.05, 0) is 24.7 Å². The van der Waals surface area contributed by atoms with E-state index in [1.54, 1.807) is 18.2 Å². The van der Waals surface area contributed by atoms with Gasteiger partial charge < -0.3 is 5.11 Å². The SMILES string of the molecule is CC.CN(CC(=O)c1cccc(O)c1)Cc1ccccc1. The molecule has 0 aliphatic rings. The summed E-state index contributed by atoms with van der Waals surface area (Å²) in [6.07, 6.45) is 0. The quantitative estimate of drug-likeness (QED) is 0.851. The fourth-order valence-corrected chi connectivity index (χ4v) is 1.97. The Balaban J connectivity index is 0.00000106. The molecule has 1 N–H and O–H groups in total. The van der Waals surface area contributed by atoms with E-state index in [1.807, 2.05) is 56.1 Å². The fraction of sp³-hybridized carbons (Fsp3) is 0.278.